The van der Waals surface area contributed by atoms with E-state index in [0.717, 1.165) is 0 Å². The Morgan fingerprint density at radius 1 is 1.41 bits per heavy atom. The third-order valence-electron chi connectivity index (χ3n) is 2.52. The van der Waals surface area contributed by atoms with Crippen LogP contribution in [-0.4, -0.2) is 35.8 Å². The molecule has 5 nitrogen and oxygen atoms in total. The first-order valence-corrected chi connectivity index (χ1v) is 5.24. The molecular weight excluding hydrogens is 218 g/mol. The molecule has 5 heteroatoms. The Balaban J connectivity index is 1.82. The molecule has 0 aromatic heterocycles. The Morgan fingerprint density at radius 3 is 2.71 bits per heavy atom. The van der Waals surface area contributed by atoms with Gasteiger partial charge in [0, 0.05) is 5.56 Å². The number of amides is 2. The molecule has 0 aliphatic carbocycles. The van der Waals surface area contributed by atoms with E-state index in [1.165, 1.54) is 4.90 Å². The summed E-state index contributed by atoms with van der Waals surface area (Å²) in [6.07, 6.45) is 0. The zero-order valence-corrected chi connectivity index (χ0v) is 9.09. The van der Waals surface area contributed by atoms with E-state index in [-0.39, 0.29) is 24.4 Å². The van der Waals surface area contributed by atoms with Gasteiger partial charge in [0.2, 0.25) is 5.91 Å². The SMILES string of the molecule is N#CC1CN1C(=O)CNC(=O)c1ccccc1. The first-order valence-electron chi connectivity index (χ1n) is 5.24. The number of nitriles is 1. The van der Waals surface area contributed by atoms with E-state index >= 15 is 0 Å². The van der Waals surface area contributed by atoms with Crippen LogP contribution in [0.5, 0.6) is 0 Å². The quantitative estimate of drug-likeness (QED) is 0.750. The first-order chi connectivity index (χ1) is 8.22. The number of nitrogens with one attached hydrogen (secondary N) is 1. The van der Waals surface area contributed by atoms with Crippen LogP contribution in [0.4, 0.5) is 0 Å². The van der Waals surface area contributed by atoms with Crippen molar-refractivity contribution in [1.29, 1.82) is 5.26 Å². The summed E-state index contributed by atoms with van der Waals surface area (Å²) in [5.74, 6) is -0.505. The molecule has 1 aromatic rings. The maximum atomic E-state index is 11.6. The largest absolute Gasteiger partial charge is 0.343 e. The van der Waals surface area contributed by atoms with Crippen LogP contribution in [-0.2, 0) is 4.79 Å². The molecule has 86 valence electrons. The highest BCUT2D eigenvalue weighted by Crippen LogP contribution is 2.15. The standard InChI is InChI=1S/C12H11N3O2/c13-6-10-8-15(10)11(16)7-14-12(17)9-4-2-1-3-5-9/h1-5,10H,7-8H2,(H,14,17). The molecule has 1 heterocycles. The van der Waals surface area contributed by atoms with Gasteiger partial charge in [-0.2, -0.15) is 5.26 Å². The van der Waals surface area contributed by atoms with E-state index in [2.05, 4.69) is 5.32 Å². The number of hydrogen-bond acceptors (Lipinski definition) is 3. The summed E-state index contributed by atoms with van der Waals surface area (Å²) in [6, 6.07) is 10.4. The Morgan fingerprint density at radius 2 is 2.12 bits per heavy atom. The van der Waals surface area contributed by atoms with Crippen molar-refractivity contribution in [3.05, 3.63) is 35.9 Å². The molecule has 0 saturated carbocycles. The van der Waals surface area contributed by atoms with Gasteiger partial charge in [-0.1, -0.05) is 18.2 Å². The summed E-state index contributed by atoms with van der Waals surface area (Å²) in [5.41, 5.74) is 0.517. The van der Waals surface area contributed by atoms with E-state index in [0.29, 0.717) is 12.1 Å². The average Bonchev–Trinajstić information content (AvgIpc) is 3.16. The average molecular weight is 229 g/mol. The normalized spacial score (nSPS) is 17.1. The summed E-state index contributed by atoms with van der Waals surface area (Å²) in [7, 11) is 0. The molecular formula is C12H11N3O2. The molecule has 0 spiro atoms. The van der Waals surface area contributed by atoms with E-state index in [9.17, 15) is 9.59 Å². The van der Waals surface area contributed by atoms with Gasteiger partial charge >= 0.3 is 0 Å². The van der Waals surface area contributed by atoms with E-state index in [1.807, 2.05) is 12.1 Å². The molecule has 2 rings (SSSR count). The van der Waals surface area contributed by atoms with E-state index < -0.39 is 0 Å². The van der Waals surface area contributed by atoms with Crippen molar-refractivity contribution >= 4 is 11.8 Å². The predicted molar refractivity (Wildman–Crippen MR) is 59.9 cm³/mol. The molecule has 1 aliphatic heterocycles. The second-order valence-corrected chi connectivity index (χ2v) is 3.74. The van der Waals surface area contributed by atoms with Crippen LogP contribution in [0.2, 0.25) is 0 Å². The number of hydrogen-bond donors (Lipinski definition) is 1. The fraction of sp³-hybridized carbons (Fsp3) is 0.250. The lowest BCUT2D eigenvalue weighted by Gasteiger charge is -2.05. The number of carbonyl (C=O) groups is 2. The second-order valence-electron chi connectivity index (χ2n) is 3.74. The molecule has 1 atom stereocenters. The minimum absolute atomic E-state index is 0.0636. The predicted octanol–water partition coefficient (Wildman–Crippen LogP) is 0.151. The monoisotopic (exact) mass is 229 g/mol. The van der Waals surface area contributed by atoms with Gasteiger partial charge in [0.15, 0.2) is 0 Å². The lowest BCUT2D eigenvalue weighted by atomic mass is 10.2. The van der Waals surface area contributed by atoms with Crippen molar-refractivity contribution < 1.29 is 9.59 Å². The van der Waals surface area contributed by atoms with Crippen LogP contribution in [0, 0.1) is 11.3 Å². The Bertz CT molecular complexity index is 478. The molecule has 2 amide bonds. The highest BCUT2D eigenvalue weighted by molar-refractivity contribution is 5.96. The third kappa shape index (κ3) is 2.61. The third-order valence-corrected chi connectivity index (χ3v) is 2.52. The van der Waals surface area contributed by atoms with Gasteiger partial charge < -0.3 is 10.2 Å². The number of carbonyl (C=O) groups excluding carboxylic acids is 2. The molecule has 1 aromatic carbocycles. The number of benzene rings is 1. The fourth-order valence-corrected chi connectivity index (χ4v) is 1.47. The molecule has 1 aliphatic rings. The van der Waals surface area contributed by atoms with Gasteiger partial charge in [-0.15, -0.1) is 0 Å². The van der Waals surface area contributed by atoms with Gasteiger partial charge in [-0.25, -0.2) is 0 Å². The van der Waals surface area contributed by atoms with Crippen LogP contribution in [0.1, 0.15) is 10.4 Å². The van der Waals surface area contributed by atoms with Crippen LogP contribution in [0.3, 0.4) is 0 Å². The maximum Gasteiger partial charge on any atom is 0.251 e. The molecule has 1 fully saturated rings. The number of rotatable bonds is 3. The molecule has 0 bridgehead atoms. The first kappa shape index (κ1) is 11.1. The van der Waals surface area contributed by atoms with Crippen LogP contribution in [0.25, 0.3) is 0 Å². The highest BCUT2D eigenvalue weighted by atomic mass is 16.2. The lowest BCUT2D eigenvalue weighted by Crippen LogP contribution is -2.33. The van der Waals surface area contributed by atoms with Gasteiger partial charge in [-0.05, 0) is 12.1 Å². The zero-order valence-electron chi connectivity index (χ0n) is 9.09. The van der Waals surface area contributed by atoms with Crippen molar-refractivity contribution in [1.82, 2.24) is 10.2 Å². The molecule has 1 saturated heterocycles. The summed E-state index contributed by atoms with van der Waals surface area (Å²) in [4.78, 5) is 24.5. The van der Waals surface area contributed by atoms with Crippen LogP contribution < -0.4 is 5.32 Å². The van der Waals surface area contributed by atoms with Gasteiger partial charge in [-0.3, -0.25) is 9.59 Å². The number of nitrogens with zero attached hydrogens (tertiary/aromatic N) is 2. The fourth-order valence-electron chi connectivity index (χ4n) is 1.47. The zero-order chi connectivity index (χ0) is 12.3. The van der Waals surface area contributed by atoms with Crippen molar-refractivity contribution in [2.24, 2.45) is 0 Å². The molecule has 1 N–H and O–H groups in total. The Labute approximate surface area is 98.6 Å². The van der Waals surface area contributed by atoms with E-state index in [1.54, 1.807) is 24.3 Å². The van der Waals surface area contributed by atoms with Crippen molar-refractivity contribution in [2.75, 3.05) is 13.1 Å². The lowest BCUT2D eigenvalue weighted by molar-refractivity contribution is -0.124. The van der Waals surface area contributed by atoms with Gasteiger partial charge in [0.05, 0.1) is 19.2 Å². The van der Waals surface area contributed by atoms with Crippen molar-refractivity contribution in [3.63, 3.8) is 0 Å². The summed E-state index contributed by atoms with van der Waals surface area (Å²) >= 11 is 0. The van der Waals surface area contributed by atoms with Crippen LogP contribution in [0.15, 0.2) is 30.3 Å². The highest BCUT2D eigenvalue weighted by Gasteiger charge is 2.38. The maximum absolute atomic E-state index is 11.6. The molecule has 0 radical (unpaired) electrons. The van der Waals surface area contributed by atoms with Crippen molar-refractivity contribution in [2.45, 2.75) is 6.04 Å². The Kier molecular flexibility index (Phi) is 3.06. The molecule has 17 heavy (non-hydrogen) atoms. The van der Waals surface area contributed by atoms with Crippen LogP contribution >= 0.6 is 0 Å². The molecule has 1 unspecified atom stereocenters. The topological polar surface area (TPSA) is 73.0 Å². The summed E-state index contributed by atoms with van der Waals surface area (Å²) in [6.45, 7) is 0.405. The minimum Gasteiger partial charge on any atom is -0.343 e. The minimum atomic E-state index is -0.309. The van der Waals surface area contributed by atoms with Gasteiger partial charge in [0.1, 0.15) is 6.04 Å². The van der Waals surface area contributed by atoms with E-state index in [4.69, 9.17) is 5.26 Å². The smallest absolute Gasteiger partial charge is 0.251 e. The Hall–Kier alpha value is -2.35. The summed E-state index contributed by atoms with van der Waals surface area (Å²) < 4.78 is 0. The second kappa shape index (κ2) is 4.66. The summed E-state index contributed by atoms with van der Waals surface area (Å²) in [5, 5.41) is 11.1. The van der Waals surface area contributed by atoms with Crippen molar-refractivity contribution in [3.8, 4) is 6.07 Å². The van der Waals surface area contributed by atoms with Gasteiger partial charge in [0.25, 0.3) is 5.91 Å².